The van der Waals surface area contributed by atoms with Gasteiger partial charge in [0.25, 0.3) is 5.91 Å². The summed E-state index contributed by atoms with van der Waals surface area (Å²) in [6, 6.07) is 14.8. The minimum absolute atomic E-state index is 0.0247. The van der Waals surface area contributed by atoms with Gasteiger partial charge in [-0.2, -0.15) is 0 Å². The molecule has 0 bridgehead atoms. The van der Waals surface area contributed by atoms with Crippen molar-refractivity contribution in [2.75, 3.05) is 45.2 Å². The predicted octanol–water partition coefficient (Wildman–Crippen LogP) is 2.57. The van der Waals surface area contributed by atoms with E-state index in [0.29, 0.717) is 36.8 Å². The molecule has 2 aromatic carbocycles. The van der Waals surface area contributed by atoms with E-state index in [-0.39, 0.29) is 18.7 Å². The summed E-state index contributed by atoms with van der Waals surface area (Å²) in [4.78, 5) is 44.0. The highest BCUT2D eigenvalue weighted by Crippen LogP contribution is 2.31. The molecule has 4 amide bonds. The molecule has 0 aromatic heterocycles. The predicted molar refractivity (Wildman–Crippen MR) is 132 cm³/mol. The normalized spacial score (nSPS) is 20.5. The van der Waals surface area contributed by atoms with Crippen molar-refractivity contribution in [1.29, 1.82) is 0 Å². The lowest BCUT2D eigenvalue weighted by molar-refractivity contribution is -0.132. The molecule has 8 nitrogen and oxygen atoms in total. The van der Waals surface area contributed by atoms with Crippen molar-refractivity contribution in [2.45, 2.75) is 24.9 Å². The van der Waals surface area contributed by atoms with Crippen molar-refractivity contribution in [3.05, 3.63) is 64.7 Å². The fraction of sp³-hybridized carbons (Fsp3) is 0.400. The molecule has 2 heterocycles. The molecule has 180 valence electrons. The molecule has 0 saturated carbocycles. The number of nitrogens with zero attached hydrogens (tertiary/aromatic N) is 3. The molecule has 2 N–H and O–H groups in total. The van der Waals surface area contributed by atoms with Crippen LogP contribution in [0.1, 0.15) is 24.0 Å². The van der Waals surface area contributed by atoms with Crippen LogP contribution in [-0.2, 0) is 21.7 Å². The van der Waals surface area contributed by atoms with Crippen LogP contribution < -0.4 is 15.5 Å². The fourth-order valence-corrected chi connectivity index (χ4v) is 4.80. The van der Waals surface area contributed by atoms with E-state index >= 15 is 0 Å². The first-order valence-corrected chi connectivity index (χ1v) is 11.8. The highest BCUT2D eigenvalue weighted by Gasteiger charge is 2.47. The first kappa shape index (κ1) is 24.0. The van der Waals surface area contributed by atoms with Crippen molar-refractivity contribution in [3.8, 4) is 0 Å². The maximum atomic E-state index is 13.0. The van der Waals surface area contributed by atoms with Gasteiger partial charge >= 0.3 is 6.03 Å². The largest absolute Gasteiger partial charge is 0.368 e. The second kappa shape index (κ2) is 10.0. The minimum atomic E-state index is -1.24. The number of hydrogen-bond donors (Lipinski definition) is 2. The number of hydrogen-bond acceptors (Lipinski definition) is 5. The zero-order chi connectivity index (χ0) is 24.3. The standard InChI is InChI=1S/C25H30ClN5O3/c1-29(2)17-18-6-8-19(9-7-18)25(23(33)27-24(34)28-25)11-10-22(32)31-14-12-30(13-15-31)21-5-3-4-20(26)16-21/h3-9,16H,10-15,17H2,1-2H3,(H2,27,28,33,34). The number of carbonyl (C=O) groups excluding carboxylic acids is 3. The van der Waals surface area contributed by atoms with E-state index in [2.05, 4.69) is 20.4 Å². The van der Waals surface area contributed by atoms with Gasteiger partial charge in [0, 0.05) is 49.9 Å². The zero-order valence-corrected chi connectivity index (χ0v) is 20.3. The lowest BCUT2D eigenvalue weighted by atomic mass is 9.84. The van der Waals surface area contributed by atoms with Crippen LogP contribution in [0.2, 0.25) is 5.02 Å². The van der Waals surface area contributed by atoms with Gasteiger partial charge in [-0.3, -0.25) is 14.9 Å². The summed E-state index contributed by atoms with van der Waals surface area (Å²) in [6.07, 6.45) is 0.356. The van der Waals surface area contributed by atoms with Crippen LogP contribution >= 0.6 is 11.6 Å². The van der Waals surface area contributed by atoms with Crippen LogP contribution in [0.4, 0.5) is 10.5 Å². The van der Waals surface area contributed by atoms with E-state index in [0.717, 1.165) is 17.8 Å². The van der Waals surface area contributed by atoms with Crippen molar-refractivity contribution in [1.82, 2.24) is 20.4 Å². The molecule has 1 atom stereocenters. The van der Waals surface area contributed by atoms with Gasteiger partial charge in [0.2, 0.25) is 5.91 Å². The Morgan fingerprint density at radius 3 is 2.35 bits per heavy atom. The molecular formula is C25H30ClN5O3. The Hall–Kier alpha value is -3.10. The average Bonchev–Trinajstić information content (AvgIpc) is 3.11. The Morgan fingerprint density at radius 1 is 1.06 bits per heavy atom. The van der Waals surface area contributed by atoms with Gasteiger partial charge in [-0.1, -0.05) is 41.9 Å². The summed E-state index contributed by atoms with van der Waals surface area (Å²) in [5.41, 5.74) is 1.58. The van der Waals surface area contributed by atoms with Gasteiger partial charge in [0.15, 0.2) is 0 Å². The quantitative estimate of drug-likeness (QED) is 0.591. The Morgan fingerprint density at radius 2 is 1.76 bits per heavy atom. The Balaban J connectivity index is 1.41. The van der Waals surface area contributed by atoms with Crippen LogP contribution in [-0.4, -0.2) is 67.9 Å². The number of nitrogens with one attached hydrogen (secondary N) is 2. The maximum Gasteiger partial charge on any atom is 0.322 e. The maximum absolute atomic E-state index is 13.0. The Kier molecular flexibility index (Phi) is 7.09. The van der Waals surface area contributed by atoms with E-state index in [9.17, 15) is 14.4 Å². The van der Waals surface area contributed by atoms with E-state index < -0.39 is 17.5 Å². The molecular weight excluding hydrogens is 454 g/mol. The van der Waals surface area contributed by atoms with E-state index in [1.807, 2.05) is 67.5 Å². The number of urea groups is 1. The molecule has 4 rings (SSSR count). The monoisotopic (exact) mass is 483 g/mol. The number of amides is 4. The van der Waals surface area contributed by atoms with Crippen LogP contribution in [0.5, 0.6) is 0 Å². The van der Waals surface area contributed by atoms with E-state index in [1.165, 1.54) is 0 Å². The second-order valence-electron chi connectivity index (χ2n) is 9.10. The number of rotatable bonds is 7. The first-order valence-electron chi connectivity index (χ1n) is 11.4. The van der Waals surface area contributed by atoms with Gasteiger partial charge in [-0.25, -0.2) is 4.79 Å². The van der Waals surface area contributed by atoms with Crippen LogP contribution in [0.25, 0.3) is 0 Å². The Bertz CT molecular complexity index is 1070. The number of benzene rings is 2. The van der Waals surface area contributed by atoms with Crippen molar-refractivity contribution < 1.29 is 14.4 Å². The molecule has 2 fully saturated rings. The van der Waals surface area contributed by atoms with Crippen molar-refractivity contribution in [3.63, 3.8) is 0 Å². The molecule has 34 heavy (non-hydrogen) atoms. The smallest absolute Gasteiger partial charge is 0.322 e. The molecule has 2 aliphatic heterocycles. The van der Waals surface area contributed by atoms with Gasteiger partial charge in [-0.05, 0) is 49.8 Å². The summed E-state index contributed by atoms with van der Waals surface area (Å²) < 4.78 is 0. The summed E-state index contributed by atoms with van der Waals surface area (Å²) in [7, 11) is 3.97. The summed E-state index contributed by atoms with van der Waals surface area (Å²) in [5.74, 6) is -0.445. The lowest BCUT2D eigenvalue weighted by Gasteiger charge is -2.36. The van der Waals surface area contributed by atoms with Crippen LogP contribution in [0.15, 0.2) is 48.5 Å². The molecule has 9 heteroatoms. The summed E-state index contributed by atoms with van der Waals surface area (Å²) in [6.45, 7) is 3.38. The third-order valence-electron chi connectivity index (χ3n) is 6.41. The molecule has 2 saturated heterocycles. The third-order valence-corrected chi connectivity index (χ3v) is 6.64. The number of carbonyl (C=O) groups is 3. The number of anilines is 1. The highest BCUT2D eigenvalue weighted by molar-refractivity contribution is 6.30. The minimum Gasteiger partial charge on any atom is -0.368 e. The number of piperazine rings is 1. The molecule has 0 spiro atoms. The topological polar surface area (TPSA) is 85.0 Å². The zero-order valence-electron chi connectivity index (χ0n) is 19.5. The van der Waals surface area contributed by atoms with Crippen molar-refractivity contribution >= 4 is 35.1 Å². The lowest BCUT2D eigenvalue weighted by Crippen LogP contribution is -2.50. The second-order valence-corrected chi connectivity index (χ2v) is 9.53. The summed E-state index contributed by atoms with van der Waals surface area (Å²) >= 11 is 6.11. The molecule has 2 aromatic rings. The Labute approximate surface area is 204 Å². The van der Waals surface area contributed by atoms with Gasteiger partial charge in [0.1, 0.15) is 5.54 Å². The van der Waals surface area contributed by atoms with Gasteiger partial charge in [-0.15, -0.1) is 0 Å². The highest BCUT2D eigenvalue weighted by atomic mass is 35.5. The van der Waals surface area contributed by atoms with Crippen LogP contribution in [0.3, 0.4) is 0 Å². The van der Waals surface area contributed by atoms with Gasteiger partial charge in [0.05, 0.1) is 0 Å². The number of imide groups is 1. The van der Waals surface area contributed by atoms with E-state index in [4.69, 9.17) is 11.6 Å². The fourth-order valence-electron chi connectivity index (χ4n) is 4.61. The molecule has 2 aliphatic rings. The van der Waals surface area contributed by atoms with E-state index in [1.54, 1.807) is 0 Å². The molecule has 0 aliphatic carbocycles. The van der Waals surface area contributed by atoms with Crippen molar-refractivity contribution in [2.24, 2.45) is 0 Å². The SMILES string of the molecule is CN(C)Cc1ccc(C2(CCC(=O)N3CCN(c4cccc(Cl)c4)CC3)NC(=O)NC2=O)cc1. The average molecular weight is 484 g/mol. The number of halogens is 1. The third kappa shape index (κ3) is 5.18. The molecule has 0 radical (unpaired) electrons. The molecule has 1 unspecified atom stereocenters. The first-order chi connectivity index (χ1) is 16.3. The van der Waals surface area contributed by atoms with Crippen LogP contribution in [0, 0.1) is 0 Å². The summed E-state index contributed by atoms with van der Waals surface area (Å²) in [5, 5.41) is 5.82. The van der Waals surface area contributed by atoms with Gasteiger partial charge < -0.3 is 20.0 Å².